The molecule has 2 aromatic carbocycles. The van der Waals surface area contributed by atoms with Gasteiger partial charge >= 0.3 is 0 Å². The molecule has 0 saturated carbocycles. The Hall–Kier alpha value is -3.02. The second kappa shape index (κ2) is 6.86. The van der Waals surface area contributed by atoms with Crippen LogP contribution in [0.4, 0.5) is 11.4 Å². The molecule has 0 spiro atoms. The number of carbonyl (C=O) groups is 2. The molecule has 0 aliphatic heterocycles. The highest BCUT2D eigenvalue weighted by Crippen LogP contribution is 2.44. The van der Waals surface area contributed by atoms with Crippen LogP contribution in [-0.4, -0.2) is 21.8 Å². The van der Waals surface area contributed by atoms with Crippen LogP contribution in [0.2, 0.25) is 0 Å². The third-order valence-corrected chi connectivity index (χ3v) is 5.01. The molecule has 0 unspecified atom stereocenters. The second-order valence-corrected chi connectivity index (χ2v) is 8.30. The highest BCUT2D eigenvalue weighted by Gasteiger charge is 2.39. The lowest BCUT2D eigenvalue weighted by Gasteiger charge is -2.25. The van der Waals surface area contributed by atoms with Gasteiger partial charge in [-0.15, -0.1) is 0 Å². The fourth-order valence-corrected chi connectivity index (χ4v) is 3.88. The van der Waals surface area contributed by atoms with Crippen LogP contribution >= 0.6 is 0 Å². The summed E-state index contributed by atoms with van der Waals surface area (Å²) in [6.45, 7) is 7.93. The third-order valence-electron chi connectivity index (χ3n) is 5.01. The van der Waals surface area contributed by atoms with Crippen LogP contribution in [0.5, 0.6) is 11.5 Å². The number of aromatic hydroxyl groups is 2. The van der Waals surface area contributed by atoms with Gasteiger partial charge in [-0.1, -0.05) is 27.7 Å². The minimum atomic E-state index is -0.603. The average Bonchev–Trinajstić information content (AvgIpc) is 2.57. The Balaban J connectivity index is 2.31. The van der Waals surface area contributed by atoms with Crippen LogP contribution < -0.4 is 11.5 Å². The molecular formula is C22H26N2O4. The van der Waals surface area contributed by atoms with E-state index in [0.717, 1.165) is 0 Å². The van der Waals surface area contributed by atoms with Crippen molar-refractivity contribution in [2.75, 3.05) is 11.5 Å². The van der Waals surface area contributed by atoms with E-state index in [1.165, 1.54) is 12.1 Å². The Labute approximate surface area is 164 Å². The van der Waals surface area contributed by atoms with Gasteiger partial charge in [-0.05, 0) is 47.9 Å². The van der Waals surface area contributed by atoms with Gasteiger partial charge in [-0.2, -0.15) is 0 Å². The summed E-state index contributed by atoms with van der Waals surface area (Å²) in [7, 11) is 0. The van der Waals surface area contributed by atoms with Crippen molar-refractivity contribution in [3.05, 3.63) is 45.5 Å². The summed E-state index contributed by atoms with van der Waals surface area (Å²) in [6, 6.07) is 2.96. The van der Waals surface area contributed by atoms with E-state index in [1.54, 1.807) is 0 Å². The fourth-order valence-electron chi connectivity index (χ4n) is 3.88. The van der Waals surface area contributed by atoms with E-state index in [9.17, 15) is 19.8 Å². The standard InChI is InChI=1S/C22H26N2O4/c1-9(2)5-11-8-14(25)16-17(19(11)24)22(28)18-15(21(16)27)13(23)7-12(20(18)26)6-10(3)4/h7-10,25-26H,5-6,23-24H2,1-4H3. The van der Waals surface area contributed by atoms with E-state index in [-0.39, 0.29) is 57.0 Å². The van der Waals surface area contributed by atoms with Crippen LogP contribution in [0.25, 0.3) is 0 Å². The SMILES string of the molecule is CC(C)Cc1cc(O)c2c(c1N)C(=O)c1c(O)c(CC(C)C)cc(N)c1C2=O. The number of rotatable bonds is 4. The molecular weight excluding hydrogens is 356 g/mol. The molecule has 0 atom stereocenters. The van der Waals surface area contributed by atoms with Crippen LogP contribution in [0.1, 0.15) is 70.7 Å². The van der Waals surface area contributed by atoms with Gasteiger partial charge in [0.25, 0.3) is 0 Å². The Morgan fingerprint density at radius 2 is 1.32 bits per heavy atom. The van der Waals surface area contributed by atoms with Crippen molar-refractivity contribution in [3.63, 3.8) is 0 Å². The van der Waals surface area contributed by atoms with Gasteiger partial charge < -0.3 is 21.7 Å². The zero-order chi connectivity index (χ0) is 20.9. The van der Waals surface area contributed by atoms with E-state index < -0.39 is 11.6 Å². The number of hydrogen-bond acceptors (Lipinski definition) is 6. The monoisotopic (exact) mass is 382 g/mol. The average molecular weight is 382 g/mol. The number of anilines is 2. The Morgan fingerprint density at radius 3 is 1.89 bits per heavy atom. The summed E-state index contributed by atoms with van der Waals surface area (Å²) < 4.78 is 0. The predicted octanol–water partition coefficient (Wildman–Crippen LogP) is 3.43. The number of nitrogen functional groups attached to an aromatic ring is 2. The molecule has 6 heteroatoms. The Morgan fingerprint density at radius 1 is 0.786 bits per heavy atom. The minimum absolute atomic E-state index is 0.0513. The summed E-state index contributed by atoms with van der Waals surface area (Å²) in [6.07, 6.45) is 1.05. The first-order valence-corrected chi connectivity index (χ1v) is 9.42. The molecule has 2 aromatic rings. The smallest absolute Gasteiger partial charge is 0.200 e. The zero-order valence-electron chi connectivity index (χ0n) is 16.6. The first-order valence-electron chi connectivity index (χ1n) is 9.42. The number of nitrogens with two attached hydrogens (primary N) is 2. The molecule has 28 heavy (non-hydrogen) atoms. The van der Waals surface area contributed by atoms with E-state index in [2.05, 4.69) is 0 Å². The van der Waals surface area contributed by atoms with E-state index in [1.807, 2.05) is 27.7 Å². The number of hydrogen-bond donors (Lipinski definition) is 4. The van der Waals surface area contributed by atoms with Crippen LogP contribution in [0.3, 0.4) is 0 Å². The summed E-state index contributed by atoms with van der Waals surface area (Å²) in [5, 5.41) is 21.3. The van der Waals surface area contributed by atoms with Crippen molar-refractivity contribution in [1.82, 2.24) is 0 Å². The summed E-state index contributed by atoms with van der Waals surface area (Å²) in [4.78, 5) is 26.4. The van der Waals surface area contributed by atoms with Crippen molar-refractivity contribution < 1.29 is 19.8 Å². The van der Waals surface area contributed by atoms with Crippen LogP contribution in [-0.2, 0) is 12.8 Å². The fraction of sp³-hybridized carbons (Fsp3) is 0.364. The summed E-state index contributed by atoms with van der Waals surface area (Å²) in [5.74, 6) is -1.27. The zero-order valence-corrected chi connectivity index (χ0v) is 16.6. The van der Waals surface area contributed by atoms with Crippen LogP contribution in [0.15, 0.2) is 12.1 Å². The number of carbonyl (C=O) groups excluding carboxylic acids is 2. The van der Waals surface area contributed by atoms with Crippen molar-refractivity contribution in [3.8, 4) is 11.5 Å². The Kier molecular flexibility index (Phi) is 4.83. The number of ketones is 2. The largest absolute Gasteiger partial charge is 0.507 e. The maximum absolute atomic E-state index is 13.3. The van der Waals surface area contributed by atoms with Gasteiger partial charge in [0, 0.05) is 11.4 Å². The molecule has 6 N–H and O–H groups in total. The molecule has 3 rings (SSSR count). The highest BCUT2D eigenvalue weighted by molar-refractivity contribution is 6.33. The summed E-state index contributed by atoms with van der Waals surface area (Å²) in [5.41, 5.74) is 13.3. The van der Waals surface area contributed by atoms with Crippen molar-refractivity contribution in [1.29, 1.82) is 0 Å². The number of fused-ring (bicyclic) bond motifs is 2. The van der Waals surface area contributed by atoms with Crippen molar-refractivity contribution in [2.24, 2.45) is 11.8 Å². The maximum atomic E-state index is 13.3. The van der Waals surface area contributed by atoms with Gasteiger partial charge in [0.1, 0.15) is 11.5 Å². The lowest BCUT2D eigenvalue weighted by atomic mass is 9.78. The molecule has 1 aliphatic rings. The Bertz CT molecular complexity index is 929. The lowest BCUT2D eigenvalue weighted by molar-refractivity contribution is 0.0975. The normalized spacial score (nSPS) is 13.2. The number of phenolic OH excluding ortho intramolecular Hbond substituents is 2. The molecule has 0 aromatic heterocycles. The maximum Gasteiger partial charge on any atom is 0.200 e. The van der Waals surface area contributed by atoms with Crippen LogP contribution in [0, 0.1) is 11.8 Å². The third kappa shape index (κ3) is 2.99. The first-order chi connectivity index (χ1) is 13.0. The second-order valence-electron chi connectivity index (χ2n) is 8.30. The molecule has 0 amide bonds. The molecule has 0 fully saturated rings. The van der Waals surface area contributed by atoms with E-state index in [4.69, 9.17) is 11.5 Å². The van der Waals surface area contributed by atoms with Crippen molar-refractivity contribution in [2.45, 2.75) is 40.5 Å². The van der Waals surface area contributed by atoms with Gasteiger partial charge in [0.2, 0.25) is 11.6 Å². The lowest BCUT2D eigenvalue weighted by Crippen LogP contribution is -2.25. The molecule has 0 radical (unpaired) electrons. The number of benzene rings is 2. The number of phenols is 2. The van der Waals surface area contributed by atoms with Crippen molar-refractivity contribution >= 4 is 22.9 Å². The first kappa shape index (κ1) is 19.7. The van der Waals surface area contributed by atoms with Gasteiger partial charge in [0.05, 0.1) is 22.3 Å². The van der Waals surface area contributed by atoms with E-state index in [0.29, 0.717) is 24.0 Å². The van der Waals surface area contributed by atoms with Gasteiger partial charge in [0.15, 0.2) is 0 Å². The molecule has 1 aliphatic carbocycles. The van der Waals surface area contributed by atoms with Gasteiger partial charge in [-0.3, -0.25) is 9.59 Å². The quantitative estimate of drug-likeness (QED) is 0.404. The molecule has 0 heterocycles. The van der Waals surface area contributed by atoms with Gasteiger partial charge in [-0.25, -0.2) is 0 Å². The highest BCUT2D eigenvalue weighted by atomic mass is 16.3. The minimum Gasteiger partial charge on any atom is -0.507 e. The molecule has 148 valence electrons. The summed E-state index contributed by atoms with van der Waals surface area (Å²) >= 11 is 0. The predicted molar refractivity (Wildman–Crippen MR) is 109 cm³/mol. The molecule has 0 saturated heterocycles. The topological polar surface area (TPSA) is 127 Å². The van der Waals surface area contributed by atoms with E-state index >= 15 is 0 Å². The molecule has 6 nitrogen and oxygen atoms in total. The molecule has 0 bridgehead atoms.